The molecule has 3 heterocycles. The molecule has 0 amide bonds. The molecule has 3 aromatic heterocycles. The summed E-state index contributed by atoms with van der Waals surface area (Å²) in [5.74, 6) is 1.21. The highest BCUT2D eigenvalue weighted by Gasteiger charge is 2.34. The van der Waals surface area contributed by atoms with Gasteiger partial charge in [-0.3, -0.25) is 9.78 Å². The maximum atomic E-state index is 13.2. The standard InChI is InChI=1S/C40H47N3O4S.C2H6/c1-9-45-36-20-16-30(24-42-36)29-14-12-28(13-15-29)25-43-34-19-18-32(47-26-31-17-11-27(3)23-41-31)21-33(34)37(48-39(4,5)6)35(43)22-40(7,8)38(44)46-10-2;1-2/h11-21,23-24H,9-10,22,25-26H2,1-8H3;1-2H3. The lowest BCUT2D eigenvalue weighted by Gasteiger charge is -2.26. The lowest BCUT2D eigenvalue weighted by molar-refractivity contribution is -0.153. The summed E-state index contributed by atoms with van der Waals surface area (Å²) in [4.78, 5) is 23.3. The molecule has 5 rings (SSSR count). The first-order chi connectivity index (χ1) is 23.9. The molecule has 0 spiro atoms. The van der Waals surface area contributed by atoms with Gasteiger partial charge < -0.3 is 18.8 Å². The van der Waals surface area contributed by atoms with Gasteiger partial charge in [0.15, 0.2) is 0 Å². The van der Waals surface area contributed by atoms with Crippen molar-refractivity contribution >= 4 is 28.6 Å². The van der Waals surface area contributed by atoms with Gasteiger partial charge in [0.05, 0.1) is 24.3 Å². The van der Waals surface area contributed by atoms with Crippen molar-refractivity contribution in [3.63, 3.8) is 0 Å². The number of thioether (sulfide) groups is 1. The van der Waals surface area contributed by atoms with Crippen molar-refractivity contribution < 1.29 is 19.0 Å². The van der Waals surface area contributed by atoms with E-state index >= 15 is 0 Å². The van der Waals surface area contributed by atoms with Crippen LogP contribution < -0.4 is 9.47 Å². The third-order valence-electron chi connectivity index (χ3n) is 7.95. The number of carbonyl (C=O) groups excluding carboxylic acids is 1. The Balaban J connectivity index is 0.00000276. The quantitative estimate of drug-likeness (QED) is 0.0896. The van der Waals surface area contributed by atoms with Crippen molar-refractivity contribution in [2.45, 2.75) is 98.5 Å². The summed E-state index contributed by atoms with van der Waals surface area (Å²) in [5, 5.41) is 1.11. The second kappa shape index (κ2) is 17.1. The smallest absolute Gasteiger partial charge is 0.311 e. The minimum atomic E-state index is -0.726. The summed E-state index contributed by atoms with van der Waals surface area (Å²) in [6, 6.07) is 22.9. The molecule has 0 aliphatic carbocycles. The number of pyridine rings is 2. The fourth-order valence-corrected chi connectivity index (χ4v) is 6.74. The zero-order valence-electron chi connectivity index (χ0n) is 31.4. The normalized spacial score (nSPS) is 11.6. The van der Waals surface area contributed by atoms with E-state index in [4.69, 9.17) is 14.2 Å². The second-order valence-electron chi connectivity index (χ2n) is 13.7. The van der Waals surface area contributed by atoms with Crippen LogP contribution >= 0.6 is 11.8 Å². The van der Waals surface area contributed by atoms with E-state index in [0.29, 0.717) is 38.7 Å². The van der Waals surface area contributed by atoms with Crippen LogP contribution in [0.25, 0.3) is 22.0 Å². The lowest BCUT2D eigenvalue weighted by Crippen LogP contribution is -2.30. The number of rotatable bonds is 13. The van der Waals surface area contributed by atoms with Crippen molar-refractivity contribution in [2.75, 3.05) is 13.2 Å². The van der Waals surface area contributed by atoms with E-state index in [1.165, 1.54) is 0 Å². The number of aryl methyl sites for hydroxylation is 1. The topological polar surface area (TPSA) is 75.5 Å². The van der Waals surface area contributed by atoms with E-state index in [-0.39, 0.29) is 10.7 Å². The molecule has 0 aliphatic rings. The molecular weight excluding hydrogens is 643 g/mol. The van der Waals surface area contributed by atoms with Crippen LogP contribution in [-0.2, 0) is 29.1 Å². The number of esters is 1. The highest BCUT2D eigenvalue weighted by atomic mass is 32.2. The Bertz CT molecular complexity index is 1840. The summed E-state index contributed by atoms with van der Waals surface area (Å²) in [7, 11) is 0. The van der Waals surface area contributed by atoms with Gasteiger partial charge in [0.1, 0.15) is 12.4 Å². The van der Waals surface area contributed by atoms with Gasteiger partial charge in [-0.15, -0.1) is 11.8 Å². The van der Waals surface area contributed by atoms with E-state index in [0.717, 1.165) is 55.2 Å². The minimum Gasteiger partial charge on any atom is -0.487 e. The lowest BCUT2D eigenvalue weighted by atomic mass is 9.87. The fourth-order valence-electron chi connectivity index (χ4n) is 5.55. The highest BCUT2D eigenvalue weighted by Crippen LogP contribution is 2.44. The van der Waals surface area contributed by atoms with Gasteiger partial charge >= 0.3 is 5.97 Å². The number of benzene rings is 2. The van der Waals surface area contributed by atoms with E-state index < -0.39 is 5.41 Å². The monoisotopic (exact) mass is 695 g/mol. The summed E-state index contributed by atoms with van der Waals surface area (Å²) < 4.78 is 19.6. The van der Waals surface area contributed by atoms with Gasteiger partial charge in [-0.2, -0.15) is 0 Å². The van der Waals surface area contributed by atoms with Crippen LogP contribution in [0.3, 0.4) is 0 Å². The fraction of sp³-hybridized carbons (Fsp3) is 0.405. The van der Waals surface area contributed by atoms with Crippen molar-refractivity contribution in [3.8, 4) is 22.8 Å². The SMILES string of the molecule is CC.CCOC(=O)C(C)(C)Cc1c(SC(C)(C)C)c2cc(OCc3ccc(C)cn3)ccc2n1Cc1ccc(-c2ccc(OCC)nc2)cc1. The number of nitrogens with zero attached hydrogens (tertiary/aromatic N) is 3. The Labute approximate surface area is 302 Å². The van der Waals surface area contributed by atoms with E-state index in [2.05, 4.69) is 71.7 Å². The van der Waals surface area contributed by atoms with Crippen LogP contribution in [0.4, 0.5) is 0 Å². The molecule has 266 valence electrons. The minimum absolute atomic E-state index is 0.0714. The Kier molecular flexibility index (Phi) is 13.2. The average molecular weight is 696 g/mol. The van der Waals surface area contributed by atoms with Crippen molar-refractivity contribution in [2.24, 2.45) is 5.41 Å². The highest BCUT2D eigenvalue weighted by molar-refractivity contribution is 8.00. The maximum absolute atomic E-state index is 13.2. The zero-order chi connectivity index (χ0) is 36.5. The predicted molar refractivity (Wildman–Crippen MR) is 206 cm³/mol. The number of hydrogen-bond donors (Lipinski definition) is 0. The number of ether oxygens (including phenoxy) is 3. The van der Waals surface area contributed by atoms with Gasteiger partial charge in [0.25, 0.3) is 0 Å². The second-order valence-corrected chi connectivity index (χ2v) is 15.5. The molecule has 50 heavy (non-hydrogen) atoms. The largest absolute Gasteiger partial charge is 0.487 e. The summed E-state index contributed by atoms with van der Waals surface area (Å²) >= 11 is 1.83. The zero-order valence-corrected chi connectivity index (χ0v) is 32.2. The van der Waals surface area contributed by atoms with Crippen LogP contribution in [0.5, 0.6) is 11.6 Å². The molecule has 2 aromatic carbocycles. The molecule has 0 radical (unpaired) electrons. The van der Waals surface area contributed by atoms with Crippen LogP contribution in [-0.4, -0.2) is 38.5 Å². The molecule has 0 aliphatic heterocycles. The Morgan fingerprint density at radius 2 is 1.54 bits per heavy atom. The molecule has 0 fully saturated rings. The summed E-state index contributed by atoms with van der Waals surface area (Å²) in [5.41, 5.74) is 6.75. The van der Waals surface area contributed by atoms with E-state index in [1.54, 1.807) is 0 Å². The van der Waals surface area contributed by atoms with Gasteiger partial charge in [0.2, 0.25) is 5.88 Å². The Hall–Kier alpha value is -4.30. The molecule has 0 N–H and O–H groups in total. The number of fused-ring (bicyclic) bond motifs is 1. The van der Waals surface area contributed by atoms with Crippen LogP contribution in [0, 0.1) is 12.3 Å². The maximum Gasteiger partial charge on any atom is 0.311 e. The first-order valence-electron chi connectivity index (χ1n) is 17.6. The summed E-state index contributed by atoms with van der Waals surface area (Å²) in [6.07, 6.45) is 4.23. The molecule has 0 saturated carbocycles. The molecule has 0 bridgehead atoms. The van der Waals surface area contributed by atoms with Gasteiger partial charge in [-0.25, -0.2) is 4.98 Å². The molecule has 8 heteroatoms. The van der Waals surface area contributed by atoms with Gasteiger partial charge in [-0.1, -0.05) is 65.0 Å². The third kappa shape index (κ3) is 9.90. The molecule has 0 saturated heterocycles. The van der Waals surface area contributed by atoms with Crippen molar-refractivity contribution in [1.29, 1.82) is 0 Å². The number of aromatic nitrogens is 3. The van der Waals surface area contributed by atoms with Gasteiger partial charge in [0, 0.05) is 63.2 Å². The molecular formula is C42H53N3O4S. The molecule has 7 nitrogen and oxygen atoms in total. The summed E-state index contributed by atoms with van der Waals surface area (Å²) in [6.45, 7) is 22.4. The van der Waals surface area contributed by atoms with Crippen LogP contribution in [0.15, 0.2) is 84.0 Å². The molecule has 5 aromatic rings. The first-order valence-corrected chi connectivity index (χ1v) is 18.4. The van der Waals surface area contributed by atoms with Crippen molar-refractivity contribution in [3.05, 3.63) is 102 Å². The van der Waals surface area contributed by atoms with Gasteiger partial charge in [-0.05, 0) is 81.6 Å². The van der Waals surface area contributed by atoms with Crippen LogP contribution in [0.1, 0.15) is 84.8 Å². The van der Waals surface area contributed by atoms with Crippen molar-refractivity contribution in [1.82, 2.24) is 14.5 Å². The van der Waals surface area contributed by atoms with Crippen LogP contribution in [0.2, 0.25) is 0 Å². The third-order valence-corrected chi connectivity index (χ3v) is 9.22. The Morgan fingerprint density at radius 1 is 0.820 bits per heavy atom. The number of hydrogen-bond acceptors (Lipinski definition) is 7. The first kappa shape index (κ1) is 38.5. The predicted octanol–water partition coefficient (Wildman–Crippen LogP) is 10.5. The molecule has 0 unspecified atom stereocenters. The van der Waals surface area contributed by atoms with E-state index in [1.807, 2.05) is 103 Å². The molecule has 0 atom stereocenters. The van der Waals surface area contributed by atoms with E-state index in [9.17, 15) is 4.79 Å². The number of carbonyl (C=O) groups is 1. The average Bonchev–Trinajstić information content (AvgIpc) is 3.35. The Morgan fingerprint density at radius 3 is 2.14 bits per heavy atom.